The number of carboxylic acid groups (broad SMARTS) is 1. The Morgan fingerprint density at radius 2 is 2.32 bits per heavy atom. The summed E-state index contributed by atoms with van der Waals surface area (Å²) < 4.78 is 5.22. The van der Waals surface area contributed by atoms with Gasteiger partial charge in [0.1, 0.15) is 6.04 Å². The number of aromatic nitrogens is 2. The second-order valence-corrected chi connectivity index (χ2v) is 7.36. The van der Waals surface area contributed by atoms with Crippen LogP contribution >= 0.6 is 11.3 Å². The second-order valence-electron chi connectivity index (χ2n) is 6.41. The second kappa shape index (κ2) is 7.77. The summed E-state index contributed by atoms with van der Waals surface area (Å²) in [5, 5.41) is 15.2. The number of thiophene rings is 1. The molecule has 2 atom stereocenters. The number of aliphatic carboxylic acids is 1. The van der Waals surface area contributed by atoms with Gasteiger partial charge in [-0.2, -0.15) is 4.98 Å². The number of carbonyl (C=O) groups is 2. The number of piperidine rings is 1. The Morgan fingerprint density at radius 3 is 3.04 bits per heavy atom. The third-order valence-corrected chi connectivity index (χ3v) is 5.33. The molecule has 25 heavy (non-hydrogen) atoms. The van der Waals surface area contributed by atoms with Crippen LogP contribution in [0.5, 0.6) is 0 Å². The predicted octanol–water partition coefficient (Wildman–Crippen LogP) is 2.83. The standard InChI is InChI=1S/C17H21N3O4S/c1-11-7-8-20(12(10-11)17(22)23)15(21)6-2-5-14-18-16(19-24-14)13-4-3-9-25-13/h3-4,9,11-12H,2,5-8,10H2,1H3,(H,22,23). The van der Waals surface area contributed by atoms with E-state index in [1.807, 2.05) is 24.4 Å². The summed E-state index contributed by atoms with van der Waals surface area (Å²) in [5.74, 6) is 0.361. The zero-order valence-electron chi connectivity index (χ0n) is 14.1. The predicted molar refractivity (Wildman–Crippen MR) is 92.1 cm³/mol. The Bertz CT molecular complexity index is 728. The zero-order valence-corrected chi connectivity index (χ0v) is 14.9. The van der Waals surface area contributed by atoms with Crippen LogP contribution in [0, 0.1) is 5.92 Å². The molecule has 0 radical (unpaired) electrons. The van der Waals surface area contributed by atoms with Crippen molar-refractivity contribution in [1.82, 2.24) is 15.0 Å². The Kier molecular flexibility index (Phi) is 5.47. The van der Waals surface area contributed by atoms with E-state index in [4.69, 9.17) is 4.52 Å². The normalized spacial score (nSPS) is 20.6. The van der Waals surface area contributed by atoms with Crippen molar-refractivity contribution in [2.75, 3.05) is 6.54 Å². The van der Waals surface area contributed by atoms with Crippen LogP contribution in [0.4, 0.5) is 0 Å². The van der Waals surface area contributed by atoms with Crippen molar-refractivity contribution >= 4 is 23.2 Å². The van der Waals surface area contributed by atoms with Crippen LogP contribution in [-0.4, -0.2) is 44.6 Å². The van der Waals surface area contributed by atoms with E-state index >= 15 is 0 Å². The highest BCUT2D eigenvalue weighted by Crippen LogP contribution is 2.24. The molecular weight excluding hydrogens is 342 g/mol. The van der Waals surface area contributed by atoms with E-state index in [2.05, 4.69) is 10.1 Å². The van der Waals surface area contributed by atoms with Gasteiger partial charge in [0.2, 0.25) is 17.6 Å². The summed E-state index contributed by atoms with van der Waals surface area (Å²) >= 11 is 1.54. The van der Waals surface area contributed by atoms with Crippen molar-refractivity contribution in [3.63, 3.8) is 0 Å². The number of nitrogens with zero attached hydrogens (tertiary/aromatic N) is 3. The third-order valence-electron chi connectivity index (χ3n) is 4.46. The largest absolute Gasteiger partial charge is 0.480 e. The van der Waals surface area contributed by atoms with Crippen LogP contribution in [-0.2, 0) is 16.0 Å². The fourth-order valence-corrected chi connectivity index (χ4v) is 3.72. The van der Waals surface area contributed by atoms with E-state index in [-0.39, 0.29) is 12.3 Å². The van der Waals surface area contributed by atoms with Crippen molar-refractivity contribution in [2.45, 2.75) is 45.1 Å². The molecule has 2 unspecified atom stereocenters. The number of likely N-dealkylation sites (tertiary alicyclic amines) is 1. The molecule has 134 valence electrons. The third kappa shape index (κ3) is 4.25. The molecule has 0 spiro atoms. The molecule has 3 rings (SSSR count). The number of amides is 1. The molecule has 1 fully saturated rings. The first-order valence-corrected chi connectivity index (χ1v) is 9.31. The van der Waals surface area contributed by atoms with Gasteiger partial charge in [-0.15, -0.1) is 11.3 Å². The smallest absolute Gasteiger partial charge is 0.326 e. The minimum atomic E-state index is -0.919. The molecule has 2 aromatic heterocycles. The molecule has 1 aliphatic heterocycles. The van der Waals surface area contributed by atoms with E-state index in [0.29, 0.717) is 43.4 Å². The maximum atomic E-state index is 12.4. The average Bonchev–Trinajstić information content (AvgIpc) is 3.25. The summed E-state index contributed by atoms with van der Waals surface area (Å²) in [6, 6.07) is 3.14. The fourth-order valence-electron chi connectivity index (χ4n) is 3.07. The molecule has 7 nitrogen and oxygen atoms in total. The van der Waals surface area contributed by atoms with Gasteiger partial charge in [0.05, 0.1) is 4.88 Å². The monoisotopic (exact) mass is 363 g/mol. The van der Waals surface area contributed by atoms with E-state index in [9.17, 15) is 14.7 Å². The molecule has 1 saturated heterocycles. The minimum Gasteiger partial charge on any atom is -0.480 e. The molecule has 0 aromatic carbocycles. The Morgan fingerprint density at radius 1 is 1.48 bits per heavy atom. The molecular formula is C17H21N3O4S. The van der Waals surface area contributed by atoms with Crippen molar-refractivity contribution in [3.8, 4) is 10.7 Å². The van der Waals surface area contributed by atoms with E-state index in [1.165, 1.54) is 16.2 Å². The molecule has 2 aromatic rings. The Labute approximate surface area is 149 Å². The van der Waals surface area contributed by atoms with Crippen LogP contribution in [0.3, 0.4) is 0 Å². The van der Waals surface area contributed by atoms with Crippen LogP contribution in [0.25, 0.3) is 10.7 Å². The number of carbonyl (C=O) groups excluding carboxylic acids is 1. The van der Waals surface area contributed by atoms with Gasteiger partial charge in [0, 0.05) is 19.4 Å². The molecule has 1 aliphatic rings. The highest BCUT2D eigenvalue weighted by atomic mass is 32.1. The van der Waals surface area contributed by atoms with Crippen LogP contribution in [0.1, 0.15) is 38.5 Å². The van der Waals surface area contributed by atoms with E-state index in [0.717, 1.165) is 11.3 Å². The van der Waals surface area contributed by atoms with Gasteiger partial charge < -0.3 is 14.5 Å². The van der Waals surface area contributed by atoms with Crippen LogP contribution < -0.4 is 0 Å². The Hall–Kier alpha value is -2.22. The SMILES string of the molecule is CC1CCN(C(=O)CCCc2nc(-c3cccs3)no2)C(C(=O)O)C1. The number of hydrogen-bond acceptors (Lipinski definition) is 6. The minimum absolute atomic E-state index is 0.114. The summed E-state index contributed by atoms with van der Waals surface area (Å²) in [6.07, 6.45) is 2.72. The Balaban J connectivity index is 1.51. The highest BCUT2D eigenvalue weighted by Gasteiger charge is 2.34. The highest BCUT2D eigenvalue weighted by molar-refractivity contribution is 7.13. The molecule has 3 heterocycles. The zero-order chi connectivity index (χ0) is 17.8. The molecule has 0 aliphatic carbocycles. The van der Waals surface area contributed by atoms with Crippen LogP contribution in [0.15, 0.2) is 22.0 Å². The average molecular weight is 363 g/mol. The number of rotatable bonds is 6. The molecule has 0 bridgehead atoms. The first-order chi connectivity index (χ1) is 12.0. The molecule has 1 N–H and O–H groups in total. The first-order valence-electron chi connectivity index (χ1n) is 8.43. The number of carboxylic acids is 1. The molecule has 1 amide bonds. The van der Waals surface area contributed by atoms with Gasteiger partial charge >= 0.3 is 5.97 Å². The van der Waals surface area contributed by atoms with Gasteiger partial charge in [-0.25, -0.2) is 4.79 Å². The van der Waals surface area contributed by atoms with Gasteiger partial charge in [-0.3, -0.25) is 4.79 Å². The van der Waals surface area contributed by atoms with E-state index < -0.39 is 12.0 Å². The van der Waals surface area contributed by atoms with Gasteiger partial charge in [-0.05, 0) is 36.6 Å². The van der Waals surface area contributed by atoms with Gasteiger partial charge in [0.25, 0.3) is 0 Å². The van der Waals surface area contributed by atoms with Gasteiger partial charge in [0.15, 0.2) is 0 Å². The van der Waals surface area contributed by atoms with Crippen molar-refractivity contribution in [1.29, 1.82) is 0 Å². The van der Waals surface area contributed by atoms with Crippen molar-refractivity contribution < 1.29 is 19.2 Å². The number of hydrogen-bond donors (Lipinski definition) is 1. The maximum Gasteiger partial charge on any atom is 0.326 e. The lowest BCUT2D eigenvalue weighted by Crippen LogP contribution is -2.49. The van der Waals surface area contributed by atoms with Gasteiger partial charge in [-0.1, -0.05) is 18.1 Å². The van der Waals surface area contributed by atoms with E-state index in [1.54, 1.807) is 0 Å². The maximum absolute atomic E-state index is 12.4. The summed E-state index contributed by atoms with van der Waals surface area (Å²) in [7, 11) is 0. The van der Waals surface area contributed by atoms with Crippen molar-refractivity contribution in [2.24, 2.45) is 5.92 Å². The first kappa shape index (κ1) is 17.6. The molecule has 8 heteroatoms. The quantitative estimate of drug-likeness (QED) is 0.848. The fraction of sp³-hybridized carbons (Fsp3) is 0.529. The van der Waals surface area contributed by atoms with Crippen LogP contribution in [0.2, 0.25) is 0 Å². The topological polar surface area (TPSA) is 96.5 Å². The summed E-state index contributed by atoms with van der Waals surface area (Å²) in [5.41, 5.74) is 0. The lowest BCUT2D eigenvalue weighted by molar-refractivity contribution is -0.153. The summed E-state index contributed by atoms with van der Waals surface area (Å²) in [6.45, 7) is 2.54. The summed E-state index contributed by atoms with van der Waals surface area (Å²) in [4.78, 5) is 30.6. The molecule has 0 saturated carbocycles. The number of aryl methyl sites for hydroxylation is 1. The lowest BCUT2D eigenvalue weighted by Gasteiger charge is -2.36. The van der Waals surface area contributed by atoms with Crippen molar-refractivity contribution in [3.05, 3.63) is 23.4 Å². The lowest BCUT2D eigenvalue weighted by atomic mass is 9.92.